The van der Waals surface area contributed by atoms with Crippen molar-refractivity contribution in [2.45, 2.75) is 56.6 Å². The molecule has 2 aromatic heterocycles. The zero-order valence-electron chi connectivity index (χ0n) is 14.3. The number of hydrogen-bond acceptors (Lipinski definition) is 7. The van der Waals surface area contributed by atoms with Crippen LogP contribution in [0.5, 0.6) is 0 Å². The van der Waals surface area contributed by atoms with Crippen molar-refractivity contribution in [1.82, 2.24) is 25.0 Å². The third kappa shape index (κ3) is 4.66. The molecule has 0 atom stereocenters. The van der Waals surface area contributed by atoms with Gasteiger partial charge in [-0.1, -0.05) is 48.4 Å². The highest BCUT2D eigenvalue weighted by molar-refractivity contribution is 7.99. The van der Waals surface area contributed by atoms with Crippen LogP contribution in [-0.2, 0) is 11.3 Å². The molecule has 0 unspecified atom stereocenters. The molecule has 2 heterocycles. The van der Waals surface area contributed by atoms with E-state index in [1.165, 1.54) is 55.2 Å². The first-order chi connectivity index (χ1) is 12.2. The topological polar surface area (TPSA) is 85.6 Å². The Balaban J connectivity index is 1.53. The van der Waals surface area contributed by atoms with Gasteiger partial charge in [-0.05, 0) is 19.8 Å². The van der Waals surface area contributed by atoms with Crippen LogP contribution in [0.1, 0.15) is 48.9 Å². The number of nitrogens with one attached hydrogen (secondary N) is 1. The van der Waals surface area contributed by atoms with E-state index in [1.807, 2.05) is 11.5 Å². The Morgan fingerprint density at radius 3 is 2.88 bits per heavy atom. The Morgan fingerprint density at radius 2 is 2.12 bits per heavy atom. The Bertz CT molecular complexity index is 735. The molecule has 1 fully saturated rings. The molecule has 25 heavy (non-hydrogen) atoms. The van der Waals surface area contributed by atoms with Gasteiger partial charge in [-0.2, -0.15) is 0 Å². The molecule has 134 valence electrons. The zero-order valence-corrected chi connectivity index (χ0v) is 15.9. The molecule has 1 saturated carbocycles. The van der Waals surface area contributed by atoms with E-state index >= 15 is 0 Å². The maximum atomic E-state index is 12.2. The number of hydrogen-bond donors (Lipinski definition) is 1. The number of rotatable bonds is 7. The van der Waals surface area contributed by atoms with Crippen molar-refractivity contribution in [3.8, 4) is 0 Å². The van der Waals surface area contributed by atoms with Crippen molar-refractivity contribution in [3.05, 3.63) is 23.5 Å². The predicted molar refractivity (Wildman–Crippen MR) is 100 cm³/mol. The summed E-state index contributed by atoms with van der Waals surface area (Å²) >= 11 is 2.85. The average Bonchev–Trinajstić information content (AvgIpc) is 3.22. The SMILES string of the molecule is C=CCn1c(C)nnc1SCC(=O)Nc1nnc(C2CCCCC2)s1. The Hall–Kier alpha value is -1.74. The van der Waals surface area contributed by atoms with Crippen LogP contribution < -0.4 is 5.32 Å². The molecule has 0 bridgehead atoms. The second-order valence-corrected chi connectivity index (χ2v) is 8.00. The van der Waals surface area contributed by atoms with E-state index in [0.29, 0.717) is 22.8 Å². The van der Waals surface area contributed by atoms with Crippen molar-refractivity contribution in [3.63, 3.8) is 0 Å². The van der Waals surface area contributed by atoms with Gasteiger partial charge in [0.25, 0.3) is 0 Å². The lowest BCUT2D eigenvalue weighted by atomic mass is 9.90. The molecule has 0 aromatic carbocycles. The van der Waals surface area contributed by atoms with Crippen LogP contribution in [0.25, 0.3) is 0 Å². The van der Waals surface area contributed by atoms with Crippen LogP contribution in [-0.4, -0.2) is 36.6 Å². The van der Waals surface area contributed by atoms with E-state index in [-0.39, 0.29) is 11.7 Å². The first kappa shape index (κ1) is 18.1. The second kappa shape index (κ2) is 8.57. The minimum atomic E-state index is -0.109. The van der Waals surface area contributed by atoms with E-state index < -0.39 is 0 Å². The number of carbonyl (C=O) groups is 1. The van der Waals surface area contributed by atoms with Crippen molar-refractivity contribution in [1.29, 1.82) is 0 Å². The van der Waals surface area contributed by atoms with E-state index in [0.717, 1.165) is 10.8 Å². The first-order valence-corrected chi connectivity index (χ1v) is 10.2. The van der Waals surface area contributed by atoms with Gasteiger partial charge in [0.15, 0.2) is 5.16 Å². The number of aryl methyl sites for hydroxylation is 1. The zero-order chi connectivity index (χ0) is 17.6. The number of allylic oxidation sites excluding steroid dienone is 1. The van der Waals surface area contributed by atoms with Gasteiger partial charge in [0, 0.05) is 12.5 Å². The fourth-order valence-electron chi connectivity index (χ4n) is 2.89. The number of carbonyl (C=O) groups excluding carboxylic acids is 1. The molecule has 1 N–H and O–H groups in total. The maximum absolute atomic E-state index is 12.2. The van der Waals surface area contributed by atoms with Crippen LogP contribution in [0.15, 0.2) is 17.8 Å². The lowest BCUT2D eigenvalue weighted by molar-refractivity contribution is -0.113. The molecular weight excluding hydrogens is 356 g/mol. The fourth-order valence-corrected chi connectivity index (χ4v) is 4.61. The van der Waals surface area contributed by atoms with Gasteiger partial charge >= 0.3 is 0 Å². The van der Waals surface area contributed by atoms with Crippen LogP contribution >= 0.6 is 23.1 Å². The van der Waals surface area contributed by atoms with Crippen molar-refractivity contribution in [2.75, 3.05) is 11.1 Å². The van der Waals surface area contributed by atoms with E-state index in [9.17, 15) is 4.79 Å². The average molecular weight is 379 g/mol. The maximum Gasteiger partial charge on any atom is 0.236 e. The standard InChI is InChI=1S/C16H22N6OS2/c1-3-9-22-11(2)18-21-16(22)24-10-13(23)17-15-20-19-14(25-15)12-7-5-4-6-8-12/h3,12H,1,4-10H2,2H3,(H,17,20,23). The number of amides is 1. The number of nitrogens with zero attached hydrogens (tertiary/aromatic N) is 5. The summed E-state index contributed by atoms with van der Waals surface area (Å²) in [7, 11) is 0. The van der Waals surface area contributed by atoms with Crippen molar-refractivity contribution < 1.29 is 4.79 Å². The molecule has 1 aliphatic carbocycles. The van der Waals surface area contributed by atoms with Crippen molar-refractivity contribution in [2.24, 2.45) is 0 Å². The molecule has 0 aliphatic heterocycles. The van der Waals surface area contributed by atoms with Crippen LogP contribution in [0, 0.1) is 6.92 Å². The fraction of sp³-hybridized carbons (Fsp3) is 0.562. The van der Waals surface area contributed by atoms with Gasteiger partial charge < -0.3 is 4.57 Å². The molecular formula is C16H22N6OS2. The highest BCUT2D eigenvalue weighted by atomic mass is 32.2. The summed E-state index contributed by atoms with van der Waals surface area (Å²) in [5, 5.41) is 21.7. The Labute approximate surface area is 155 Å². The largest absolute Gasteiger partial charge is 0.302 e. The highest BCUT2D eigenvalue weighted by Gasteiger charge is 2.20. The molecule has 7 nitrogen and oxygen atoms in total. The van der Waals surface area contributed by atoms with Gasteiger partial charge in [-0.3, -0.25) is 10.1 Å². The first-order valence-electron chi connectivity index (χ1n) is 8.44. The Kier molecular flexibility index (Phi) is 6.19. The normalized spacial score (nSPS) is 15.2. The third-order valence-electron chi connectivity index (χ3n) is 4.19. The van der Waals surface area contributed by atoms with E-state index in [4.69, 9.17) is 0 Å². The molecule has 1 amide bonds. The van der Waals surface area contributed by atoms with E-state index in [1.54, 1.807) is 6.08 Å². The second-order valence-electron chi connectivity index (χ2n) is 6.05. The van der Waals surface area contributed by atoms with Gasteiger partial charge in [0.05, 0.1) is 5.75 Å². The molecule has 1 aliphatic rings. The molecule has 0 spiro atoms. The van der Waals surface area contributed by atoms with Gasteiger partial charge in [0.1, 0.15) is 10.8 Å². The summed E-state index contributed by atoms with van der Waals surface area (Å²) in [4.78, 5) is 12.2. The molecule has 9 heteroatoms. The summed E-state index contributed by atoms with van der Waals surface area (Å²) in [6.45, 7) is 6.24. The summed E-state index contributed by atoms with van der Waals surface area (Å²) in [6.07, 6.45) is 7.97. The number of anilines is 1. The number of thioether (sulfide) groups is 1. The molecule has 3 rings (SSSR count). The third-order valence-corrected chi connectivity index (χ3v) is 6.16. The van der Waals surface area contributed by atoms with Gasteiger partial charge in [0.2, 0.25) is 11.0 Å². The summed E-state index contributed by atoms with van der Waals surface area (Å²) in [5.74, 6) is 1.46. The smallest absolute Gasteiger partial charge is 0.236 e. The van der Waals surface area contributed by atoms with E-state index in [2.05, 4.69) is 32.3 Å². The monoisotopic (exact) mass is 378 g/mol. The minimum Gasteiger partial charge on any atom is -0.302 e. The lowest BCUT2D eigenvalue weighted by Crippen LogP contribution is -2.14. The molecule has 0 saturated heterocycles. The molecule has 2 aromatic rings. The summed E-state index contributed by atoms with van der Waals surface area (Å²) < 4.78 is 1.93. The lowest BCUT2D eigenvalue weighted by Gasteiger charge is -2.18. The molecule has 0 radical (unpaired) electrons. The van der Waals surface area contributed by atoms with Crippen LogP contribution in [0.3, 0.4) is 0 Å². The number of aromatic nitrogens is 5. The van der Waals surface area contributed by atoms with Crippen LogP contribution in [0.2, 0.25) is 0 Å². The highest BCUT2D eigenvalue weighted by Crippen LogP contribution is 2.35. The predicted octanol–water partition coefficient (Wildman–Crippen LogP) is 3.40. The van der Waals surface area contributed by atoms with Gasteiger partial charge in [-0.15, -0.1) is 27.0 Å². The summed E-state index contributed by atoms with van der Waals surface area (Å²) in [5.41, 5.74) is 0. The van der Waals surface area contributed by atoms with Crippen LogP contribution in [0.4, 0.5) is 5.13 Å². The van der Waals surface area contributed by atoms with Crippen molar-refractivity contribution >= 4 is 34.1 Å². The summed E-state index contributed by atoms with van der Waals surface area (Å²) in [6, 6.07) is 0. The minimum absolute atomic E-state index is 0.109. The Morgan fingerprint density at radius 1 is 1.32 bits per heavy atom. The van der Waals surface area contributed by atoms with Gasteiger partial charge in [-0.25, -0.2) is 0 Å². The quantitative estimate of drug-likeness (QED) is 0.587.